The maximum Gasteiger partial charge on any atom is 0.270 e. The molecule has 0 aromatic heterocycles. The summed E-state index contributed by atoms with van der Waals surface area (Å²) in [4.78, 5) is 15.5. The normalized spacial score (nSPS) is 19.1. The molecule has 2 aliphatic heterocycles. The smallest absolute Gasteiger partial charge is 0.270 e. The largest absolute Gasteiger partial charge is 0.349 e. The Balaban J connectivity index is 1.88. The van der Waals surface area contributed by atoms with Crippen molar-refractivity contribution in [3.05, 3.63) is 83.3 Å². The number of sulfonamides is 1. The first-order chi connectivity index (χ1) is 14.9. The zero-order chi connectivity index (χ0) is 22.0. The van der Waals surface area contributed by atoms with E-state index in [2.05, 4.69) is 16.8 Å². The molecule has 0 bridgehead atoms. The number of likely N-dealkylation sites (tertiary alicyclic amines) is 1. The first-order valence-corrected chi connectivity index (χ1v) is 11.9. The zero-order valence-corrected chi connectivity index (χ0v) is 18.4. The van der Waals surface area contributed by atoms with Gasteiger partial charge < -0.3 is 10.2 Å². The van der Waals surface area contributed by atoms with Crippen LogP contribution < -0.4 is 9.62 Å². The summed E-state index contributed by atoms with van der Waals surface area (Å²) in [5.41, 5.74) is 2.42. The van der Waals surface area contributed by atoms with Crippen LogP contribution in [0.3, 0.4) is 0 Å². The molecule has 2 heterocycles. The number of benzene rings is 2. The first kappa shape index (κ1) is 21.3. The predicted molar refractivity (Wildman–Crippen MR) is 124 cm³/mol. The van der Waals surface area contributed by atoms with Gasteiger partial charge in [-0.3, -0.25) is 9.10 Å². The highest BCUT2D eigenvalue weighted by Gasteiger charge is 2.41. The molecule has 1 amide bonds. The van der Waals surface area contributed by atoms with Crippen molar-refractivity contribution in [1.29, 1.82) is 0 Å². The Morgan fingerprint density at radius 2 is 1.74 bits per heavy atom. The van der Waals surface area contributed by atoms with Crippen molar-refractivity contribution >= 4 is 27.2 Å². The lowest BCUT2D eigenvalue weighted by atomic mass is 9.95. The summed E-state index contributed by atoms with van der Waals surface area (Å²) in [5, 5.41) is 3.00. The van der Waals surface area contributed by atoms with Gasteiger partial charge in [0.25, 0.3) is 15.9 Å². The minimum absolute atomic E-state index is 0.0477. The Morgan fingerprint density at radius 1 is 1.10 bits per heavy atom. The minimum Gasteiger partial charge on any atom is -0.349 e. The van der Waals surface area contributed by atoms with Gasteiger partial charge in [-0.25, -0.2) is 8.42 Å². The maximum atomic E-state index is 13.7. The van der Waals surface area contributed by atoms with Gasteiger partial charge in [0, 0.05) is 17.2 Å². The molecular formula is C24H27N3O3S. The second-order valence-corrected chi connectivity index (χ2v) is 9.76. The van der Waals surface area contributed by atoms with Gasteiger partial charge in [0.2, 0.25) is 0 Å². The Kier molecular flexibility index (Phi) is 5.98. The molecule has 1 fully saturated rings. The number of carbonyl (C=O) groups excluding carboxylic acids is 1. The van der Waals surface area contributed by atoms with Crippen LogP contribution in [0.25, 0.3) is 5.57 Å². The molecule has 0 atom stereocenters. The predicted octanol–water partition coefficient (Wildman–Crippen LogP) is 2.99. The van der Waals surface area contributed by atoms with E-state index in [1.54, 1.807) is 12.1 Å². The molecule has 6 nitrogen and oxygen atoms in total. The van der Waals surface area contributed by atoms with Gasteiger partial charge in [-0.15, -0.1) is 6.58 Å². The van der Waals surface area contributed by atoms with Gasteiger partial charge in [-0.1, -0.05) is 54.6 Å². The number of para-hydroxylation sites is 1. The summed E-state index contributed by atoms with van der Waals surface area (Å²) < 4.78 is 28.7. The second-order valence-electron chi connectivity index (χ2n) is 7.96. The van der Waals surface area contributed by atoms with Crippen LogP contribution in [-0.4, -0.2) is 51.9 Å². The van der Waals surface area contributed by atoms with Gasteiger partial charge in [-0.05, 0) is 44.6 Å². The molecule has 0 unspecified atom stereocenters. The Morgan fingerprint density at radius 3 is 2.42 bits per heavy atom. The van der Waals surface area contributed by atoms with E-state index in [9.17, 15) is 13.2 Å². The maximum absolute atomic E-state index is 13.7. The number of fused-ring (bicyclic) bond motifs is 1. The van der Waals surface area contributed by atoms with E-state index in [1.165, 1.54) is 10.4 Å². The van der Waals surface area contributed by atoms with Gasteiger partial charge in [0.1, 0.15) is 0 Å². The molecule has 1 N–H and O–H groups in total. The van der Waals surface area contributed by atoms with E-state index in [-0.39, 0.29) is 17.5 Å². The van der Waals surface area contributed by atoms with Crippen LogP contribution in [0.15, 0.2) is 72.2 Å². The third-order valence-electron chi connectivity index (χ3n) is 5.83. The Hall–Kier alpha value is -2.90. The van der Waals surface area contributed by atoms with Gasteiger partial charge in [0.05, 0.1) is 12.2 Å². The standard InChI is InChI=1S/C24H27N3O3S/c1-3-15-27-21-12-8-7-11-20(21)22(18-9-5-4-6-10-18)23(31(27,29)30)24(28)25-19-13-16-26(2)17-14-19/h3-12,19H,1,13-17H2,2H3,(H,25,28). The molecule has 162 valence electrons. The number of rotatable bonds is 5. The number of anilines is 1. The van der Waals surface area contributed by atoms with E-state index in [0.29, 0.717) is 16.8 Å². The van der Waals surface area contributed by atoms with E-state index < -0.39 is 15.9 Å². The number of piperidine rings is 1. The SMILES string of the molecule is C=CCN1c2ccccc2C(c2ccccc2)=C(C(=O)NC2CCN(C)CC2)S1(=O)=O. The summed E-state index contributed by atoms with van der Waals surface area (Å²) in [6, 6.07) is 16.5. The molecule has 2 aromatic carbocycles. The van der Waals surface area contributed by atoms with Crippen molar-refractivity contribution < 1.29 is 13.2 Å². The van der Waals surface area contributed by atoms with E-state index in [0.717, 1.165) is 31.5 Å². The van der Waals surface area contributed by atoms with Crippen LogP contribution in [0, 0.1) is 0 Å². The summed E-state index contributed by atoms with van der Waals surface area (Å²) in [5.74, 6) is -0.544. The van der Waals surface area contributed by atoms with Crippen molar-refractivity contribution in [2.45, 2.75) is 18.9 Å². The van der Waals surface area contributed by atoms with E-state index >= 15 is 0 Å². The molecular weight excluding hydrogens is 410 g/mol. The summed E-state index contributed by atoms with van der Waals surface area (Å²) in [6.07, 6.45) is 3.13. The van der Waals surface area contributed by atoms with Crippen LogP contribution >= 0.6 is 0 Å². The lowest BCUT2D eigenvalue weighted by Gasteiger charge is -2.34. The van der Waals surface area contributed by atoms with Gasteiger partial charge >= 0.3 is 0 Å². The molecule has 7 heteroatoms. The lowest BCUT2D eigenvalue weighted by Crippen LogP contribution is -2.47. The first-order valence-electron chi connectivity index (χ1n) is 10.5. The molecule has 0 aliphatic carbocycles. The molecule has 2 aromatic rings. The van der Waals surface area contributed by atoms with Crippen LogP contribution in [0.4, 0.5) is 5.69 Å². The van der Waals surface area contributed by atoms with Crippen molar-refractivity contribution in [2.24, 2.45) is 0 Å². The van der Waals surface area contributed by atoms with Crippen molar-refractivity contribution in [3.8, 4) is 0 Å². The average Bonchev–Trinajstić information content (AvgIpc) is 2.77. The Labute approximate surface area is 183 Å². The van der Waals surface area contributed by atoms with Gasteiger partial charge in [-0.2, -0.15) is 0 Å². The highest BCUT2D eigenvalue weighted by molar-refractivity contribution is 7.97. The van der Waals surface area contributed by atoms with Gasteiger partial charge in [0.15, 0.2) is 4.91 Å². The molecule has 0 saturated carbocycles. The average molecular weight is 438 g/mol. The van der Waals surface area contributed by atoms with Crippen LogP contribution in [-0.2, 0) is 14.8 Å². The van der Waals surface area contributed by atoms with Crippen LogP contribution in [0.1, 0.15) is 24.0 Å². The molecule has 0 radical (unpaired) electrons. The number of hydrogen-bond acceptors (Lipinski definition) is 4. The second kappa shape index (κ2) is 8.69. The molecule has 4 rings (SSSR count). The van der Waals surface area contributed by atoms with Crippen molar-refractivity contribution in [2.75, 3.05) is 31.0 Å². The van der Waals surface area contributed by atoms with Crippen molar-refractivity contribution in [3.63, 3.8) is 0 Å². The number of nitrogens with zero attached hydrogens (tertiary/aromatic N) is 2. The number of nitrogens with one attached hydrogen (secondary N) is 1. The fourth-order valence-corrected chi connectivity index (χ4v) is 5.95. The minimum atomic E-state index is -4.08. The molecule has 2 aliphatic rings. The van der Waals surface area contributed by atoms with Crippen LogP contribution in [0.5, 0.6) is 0 Å². The molecule has 31 heavy (non-hydrogen) atoms. The quantitative estimate of drug-likeness (QED) is 0.730. The summed E-state index contributed by atoms with van der Waals surface area (Å²) >= 11 is 0. The third-order valence-corrected chi connectivity index (χ3v) is 7.67. The number of hydrogen-bond donors (Lipinski definition) is 1. The summed E-state index contributed by atoms with van der Waals surface area (Å²) in [6.45, 7) is 5.54. The monoisotopic (exact) mass is 437 g/mol. The topological polar surface area (TPSA) is 69.7 Å². The Bertz CT molecular complexity index is 1120. The highest BCUT2D eigenvalue weighted by Crippen LogP contribution is 2.42. The van der Waals surface area contributed by atoms with Crippen LogP contribution in [0.2, 0.25) is 0 Å². The third kappa shape index (κ3) is 4.03. The highest BCUT2D eigenvalue weighted by atomic mass is 32.2. The fraction of sp³-hybridized carbons (Fsp3) is 0.292. The molecule has 1 saturated heterocycles. The fourth-order valence-electron chi connectivity index (χ4n) is 4.23. The van der Waals surface area contributed by atoms with E-state index in [4.69, 9.17) is 0 Å². The zero-order valence-electron chi connectivity index (χ0n) is 17.6. The lowest BCUT2D eigenvalue weighted by molar-refractivity contribution is -0.117. The number of carbonyl (C=O) groups is 1. The molecule has 0 spiro atoms. The van der Waals surface area contributed by atoms with Crippen molar-refractivity contribution in [1.82, 2.24) is 10.2 Å². The summed E-state index contributed by atoms with van der Waals surface area (Å²) in [7, 11) is -2.03. The van der Waals surface area contributed by atoms with E-state index in [1.807, 2.05) is 49.5 Å². The number of amides is 1.